The molecule has 0 heterocycles. The third-order valence-electron chi connectivity index (χ3n) is 3.07. The van der Waals surface area contributed by atoms with Crippen LogP contribution in [0.1, 0.15) is 18.4 Å². The molecule has 32 heavy (non-hydrogen) atoms. The fourth-order valence-corrected chi connectivity index (χ4v) is 1.75. The first-order chi connectivity index (χ1) is 15.0. The Morgan fingerprint density at radius 1 is 1.34 bits per heavy atom. The molecule has 0 aliphatic heterocycles. The molecule has 178 valence electrons. The van der Waals surface area contributed by atoms with E-state index in [1.54, 1.807) is 18.2 Å². The number of aliphatic imine (C=N–C) groups is 1. The summed E-state index contributed by atoms with van der Waals surface area (Å²) < 4.78 is 36.8. The Kier molecular flexibility index (Phi) is 13.0. The van der Waals surface area contributed by atoms with Gasteiger partial charge in [0.05, 0.1) is 0 Å². The Morgan fingerprint density at radius 2 is 2.00 bits per heavy atom. The molecule has 0 fully saturated rings. The van der Waals surface area contributed by atoms with E-state index in [0.29, 0.717) is 31.0 Å². The van der Waals surface area contributed by atoms with Crippen molar-refractivity contribution < 1.29 is 42.5 Å². The zero-order valence-corrected chi connectivity index (χ0v) is 16.6. The van der Waals surface area contributed by atoms with Gasteiger partial charge in [-0.3, -0.25) is 4.99 Å². The Balaban J connectivity index is 0.00000118. The Bertz CT molecular complexity index is 803. The average Bonchev–Trinajstić information content (AvgIpc) is 2.69. The van der Waals surface area contributed by atoms with Gasteiger partial charge < -0.3 is 31.0 Å². The smallest absolute Gasteiger partial charge is 0.475 e. The van der Waals surface area contributed by atoms with Crippen molar-refractivity contribution >= 4 is 18.0 Å². The largest absolute Gasteiger partial charge is 0.490 e. The number of benzene rings is 1. The highest BCUT2D eigenvalue weighted by molar-refractivity contribution is 5.78. The van der Waals surface area contributed by atoms with Crippen molar-refractivity contribution in [3.05, 3.63) is 52.7 Å². The third kappa shape index (κ3) is 14.9. The monoisotopic (exact) mass is 465 g/mol. The fourth-order valence-electron chi connectivity index (χ4n) is 1.75. The number of amides is 1. The van der Waals surface area contributed by atoms with E-state index in [1.165, 1.54) is 12.3 Å². The summed E-state index contributed by atoms with van der Waals surface area (Å²) in [5.41, 5.74) is 6.03. The number of hydrogen-bond donors (Lipinski definition) is 4. The lowest BCUT2D eigenvalue weighted by Crippen LogP contribution is -2.28. The molecule has 1 aromatic carbocycles. The first kappa shape index (κ1) is 28.0. The summed E-state index contributed by atoms with van der Waals surface area (Å²) in [5.74, 6) is -2.19. The Hall–Kier alpha value is -4.04. The van der Waals surface area contributed by atoms with Crippen molar-refractivity contribution in [2.75, 3.05) is 13.1 Å². The molecular weight excluding hydrogens is 443 g/mol. The zero-order chi connectivity index (χ0) is 24.6. The molecule has 15 heteroatoms. The van der Waals surface area contributed by atoms with Crippen LogP contribution in [0.4, 0.5) is 18.0 Å². The fraction of sp³-hybridized carbons (Fsp3) is 0.353. The summed E-state index contributed by atoms with van der Waals surface area (Å²) >= 11 is 0. The number of nitrogens with two attached hydrogens (primary N) is 1. The summed E-state index contributed by atoms with van der Waals surface area (Å²) in [7, 11) is 0. The van der Waals surface area contributed by atoms with Crippen molar-refractivity contribution in [1.29, 1.82) is 0 Å². The minimum Gasteiger partial charge on any atom is -0.475 e. The molecule has 0 aliphatic carbocycles. The lowest BCUT2D eigenvalue weighted by atomic mass is 10.2. The maximum atomic E-state index is 11.7. The molecule has 0 saturated heterocycles. The van der Waals surface area contributed by atoms with E-state index in [-0.39, 0.29) is 12.4 Å². The van der Waals surface area contributed by atoms with Crippen molar-refractivity contribution in [2.45, 2.75) is 25.6 Å². The number of carboxylic acid groups (broad SMARTS) is 1. The maximum absolute atomic E-state index is 11.7. The van der Waals surface area contributed by atoms with Crippen LogP contribution in [0, 0.1) is 10.1 Å². The molecular formula is C17H22F3N5O7. The number of aliphatic carboxylic acids is 1. The molecule has 0 bridgehead atoms. The van der Waals surface area contributed by atoms with Crippen LogP contribution in [0.3, 0.4) is 0 Å². The molecule has 1 rings (SSSR count). The van der Waals surface area contributed by atoms with Crippen LogP contribution in [-0.2, 0) is 16.2 Å². The van der Waals surface area contributed by atoms with E-state index in [1.807, 2.05) is 0 Å². The lowest BCUT2D eigenvalue weighted by molar-refractivity contribution is -0.763. The predicted molar refractivity (Wildman–Crippen MR) is 105 cm³/mol. The summed E-state index contributed by atoms with van der Waals surface area (Å²) in [5, 5.41) is 21.7. The van der Waals surface area contributed by atoms with E-state index in [2.05, 4.69) is 27.0 Å². The van der Waals surface area contributed by atoms with Gasteiger partial charge in [-0.1, -0.05) is 18.7 Å². The molecule has 5 N–H and O–H groups in total. The molecule has 1 amide bonds. The summed E-state index contributed by atoms with van der Waals surface area (Å²) in [4.78, 5) is 39.0. The number of carbonyl (C=O) groups excluding carboxylic acids is 1. The van der Waals surface area contributed by atoms with Crippen LogP contribution in [0.15, 0.2) is 42.0 Å². The number of nitrogens with zero attached hydrogens (tertiary/aromatic N) is 2. The van der Waals surface area contributed by atoms with Crippen LogP contribution in [0.5, 0.6) is 5.75 Å². The number of carbonyl (C=O) groups is 2. The van der Waals surface area contributed by atoms with Crippen molar-refractivity contribution in [3.63, 3.8) is 0 Å². The predicted octanol–water partition coefficient (Wildman–Crippen LogP) is 1.94. The van der Waals surface area contributed by atoms with Crippen LogP contribution < -0.4 is 21.1 Å². The van der Waals surface area contributed by atoms with Gasteiger partial charge in [0, 0.05) is 13.1 Å². The lowest BCUT2D eigenvalue weighted by Gasteiger charge is -2.07. The standard InChI is InChI=1S/C15H21N5O5.C2HF3O2/c1-2-17-14(16)18-8-3-4-9-19-15(21)25-13-7-5-6-12(10-13)11-24-20(22)23;3-2(4,5)1(6)7/h2,5-7,10H,1,3-4,8-9,11H2,(H,19,21)(H3,16,17,18);(H,6,7). The molecule has 0 spiro atoms. The number of unbranched alkanes of at least 4 members (excludes halogenated alkanes) is 1. The summed E-state index contributed by atoms with van der Waals surface area (Å²) in [6.45, 7) is 4.21. The van der Waals surface area contributed by atoms with E-state index >= 15 is 0 Å². The molecule has 0 atom stereocenters. The van der Waals surface area contributed by atoms with Crippen LogP contribution in [-0.4, -0.2) is 47.5 Å². The highest BCUT2D eigenvalue weighted by atomic mass is 19.4. The van der Waals surface area contributed by atoms with Gasteiger partial charge in [0.2, 0.25) is 0 Å². The van der Waals surface area contributed by atoms with E-state index < -0.39 is 23.3 Å². The molecule has 0 radical (unpaired) electrons. The molecule has 12 nitrogen and oxygen atoms in total. The number of ether oxygens (including phenoxy) is 1. The van der Waals surface area contributed by atoms with Crippen molar-refractivity contribution in [2.24, 2.45) is 10.7 Å². The summed E-state index contributed by atoms with van der Waals surface area (Å²) in [6.07, 6.45) is -2.80. The number of alkyl halides is 3. The molecule has 1 aromatic rings. The SMILES string of the molecule is C=CNC(N)=NCCCCNC(=O)Oc1cccc(CO[N+](=O)[O-])c1.O=C(O)C(F)(F)F. The Morgan fingerprint density at radius 3 is 2.56 bits per heavy atom. The normalized spacial score (nSPS) is 10.8. The quantitative estimate of drug-likeness (QED) is 0.132. The molecule has 0 aromatic heterocycles. The second-order valence-corrected chi connectivity index (χ2v) is 5.59. The zero-order valence-electron chi connectivity index (χ0n) is 16.6. The topological polar surface area (TPSA) is 178 Å². The second-order valence-electron chi connectivity index (χ2n) is 5.59. The second kappa shape index (κ2) is 14.9. The first-order valence-corrected chi connectivity index (χ1v) is 8.75. The van der Waals surface area contributed by atoms with E-state index in [4.69, 9.17) is 20.4 Å². The van der Waals surface area contributed by atoms with E-state index in [9.17, 15) is 28.1 Å². The average molecular weight is 465 g/mol. The highest BCUT2D eigenvalue weighted by Gasteiger charge is 2.38. The maximum Gasteiger partial charge on any atom is 0.490 e. The Labute approximate surface area is 180 Å². The highest BCUT2D eigenvalue weighted by Crippen LogP contribution is 2.14. The number of halogens is 3. The van der Waals surface area contributed by atoms with E-state index in [0.717, 1.165) is 6.42 Å². The molecule has 0 saturated carbocycles. The van der Waals surface area contributed by atoms with Gasteiger partial charge in [-0.05, 0) is 36.7 Å². The number of rotatable bonds is 10. The number of guanidine groups is 1. The summed E-state index contributed by atoms with van der Waals surface area (Å²) in [6, 6.07) is 6.30. The molecule has 0 aliphatic rings. The van der Waals surface area contributed by atoms with Gasteiger partial charge >= 0.3 is 18.2 Å². The van der Waals surface area contributed by atoms with Crippen molar-refractivity contribution in [1.82, 2.24) is 10.6 Å². The van der Waals surface area contributed by atoms with Gasteiger partial charge in [0.1, 0.15) is 12.4 Å². The van der Waals surface area contributed by atoms with Gasteiger partial charge in [-0.15, -0.1) is 10.1 Å². The number of nitrogens with one attached hydrogen (secondary N) is 2. The van der Waals surface area contributed by atoms with Crippen LogP contribution in [0.2, 0.25) is 0 Å². The number of hydrogen-bond acceptors (Lipinski definition) is 7. The van der Waals surface area contributed by atoms with Crippen molar-refractivity contribution in [3.8, 4) is 5.75 Å². The van der Waals surface area contributed by atoms with Crippen LogP contribution >= 0.6 is 0 Å². The van der Waals surface area contributed by atoms with Gasteiger partial charge in [-0.2, -0.15) is 13.2 Å². The first-order valence-electron chi connectivity index (χ1n) is 8.75. The van der Waals surface area contributed by atoms with Gasteiger partial charge in [0.15, 0.2) is 5.96 Å². The van der Waals surface area contributed by atoms with Gasteiger partial charge in [-0.25, -0.2) is 9.59 Å². The molecule has 0 unspecified atom stereocenters. The number of carboxylic acids is 1. The third-order valence-corrected chi connectivity index (χ3v) is 3.07. The van der Waals surface area contributed by atoms with Gasteiger partial charge in [0.25, 0.3) is 5.09 Å². The minimum absolute atomic E-state index is 0.212. The minimum atomic E-state index is -5.08. The van der Waals surface area contributed by atoms with Crippen LogP contribution in [0.25, 0.3) is 0 Å².